The molecule has 5 heteroatoms. The number of hydrogen-bond acceptors (Lipinski definition) is 4. The van der Waals surface area contributed by atoms with Crippen molar-refractivity contribution in [2.75, 3.05) is 13.7 Å². The molecule has 11 heavy (non-hydrogen) atoms. The van der Waals surface area contributed by atoms with Crippen LogP contribution in [-0.4, -0.2) is 41.3 Å². The van der Waals surface area contributed by atoms with Gasteiger partial charge in [0.05, 0.1) is 6.61 Å². The molecule has 1 heterocycles. The Morgan fingerprint density at radius 3 is 2.36 bits per heavy atom. The lowest BCUT2D eigenvalue weighted by atomic mass is 10.1. The van der Waals surface area contributed by atoms with Crippen LogP contribution < -0.4 is 0 Å². The Kier molecular flexibility index (Phi) is 1.60. The van der Waals surface area contributed by atoms with Gasteiger partial charge in [0.25, 0.3) is 5.91 Å². The van der Waals surface area contributed by atoms with Gasteiger partial charge in [0.15, 0.2) is 0 Å². The van der Waals surface area contributed by atoms with Crippen molar-refractivity contribution in [1.82, 2.24) is 4.90 Å². The van der Waals surface area contributed by atoms with Crippen molar-refractivity contribution in [2.24, 2.45) is 0 Å². The van der Waals surface area contributed by atoms with Gasteiger partial charge in [0.1, 0.15) is 0 Å². The van der Waals surface area contributed by atoms with E-state index in [1.807, 2.05) is 0 Å². The van der Waals surface area contributed by atoms with Crippen molar-refractivity contribution < 1.29 is 19.4 Å². The first kappa shape index (κ1) is 8.00. The summed E-state index contributed by atoms with van der Waals surface area (Å²) >= 11 is 0. The van der Waals surface area contributed by atoms with E-state index in [1.165, 1.54) is 14.0 Å². The number of ether oxygens (including phenoxy) is 1. The zero-order valence-corrected chi connectivity index (χ0v) is 6.33. The first-order valence-corrected chi connectivity index (χ1v) is 3.13. The number of imide groups is 1. The molecular weight excluding hydrogens is 150 g/mol. The minimum atomic E-state index is -1.37. The molecule has 1 atom stereocenters. The van der Waals surface area contributed by atoms with Crippen molar-refractivity contribution in [3.63, 3.8) is 0 Å². The predicted molar refractivity (Wildman–Crippen MR) is 34.7 cm³/mol. The van der Waals surface area contributed by atoms with E-state index in [4.69, 9.17) is 5.11 Å². The van der Waals surface area contributed by atoms with Gasteiger partial charge in [-0.05, 0) is 6.92 Å². The molecule has 5 nitrogen and oxygen atoms in total. The van der Waals surface area contributed by atoms with Crippen molar-refractivity contribution in [1.29, 1.82) is 0 Å². The van der Waals surface area contributed by atoms with Gasteiger partial charge in [-0.3, -0.25) is 4.79 Å². The molecule has 1 aliphatic heterocycles. The molecule has 1 saturated heterocycles. The Hall–Kier alpha value is -1.10. The molecule has 1 aliphatic rings. The number of likely N-dealkylation sites (N-methyl/N-ethyl adjacent to an activating group) is 1. The third kappa shape index (κ3) is 0.970. The molecule has 0 radical (unpaired) electrons. The normalized spacial score (nSPS) is 31.0. The summed E-state index contributed by atoms with van der Waals surface area (Å²) in [7, 11) is 1.31. The highest BCUT2D eigenvalue weighted by atomic mass is 16.6. The quantitative estimate of drug-likeness (QED) is 0.551. The molecule has 0 saturated carbocycles. The Balaban J connectivity index is 2.91. The van der Waals surface area contributed by atoms with E-state index < -0.39 is 24.2 Å². The smallest absolute Gasteiger partial charge is 0.417 e. The summed E-state index contributed by atoms with van der Waals surface area (Å²) in [6.45, 7) is 0.888. The summed E-state index contributed by atoms with van der Waals surface area (Å²) < 4.78 is 4.61. The number of carbonyl (C=O) groups excluding carboxylic acids is 2. The monoisotopic (exact) mass is 159 g/mol. The maximum atomic E-state index is 11.1. The second-order valence-corrected chi connectivity index (χ2v) is 2.62. The van der Waals surface area contributed by atoms with Gasteiger partial charge in [-0.2, -0.15) is 0 Å². The number of aliphatic hydroxyl groups excluding tert-OH is 1. The number of nitrogens with zero attached hydrogens (tertiary/aromatic N) is 1. The van der Waals surface area contributed by atoms with Gasteiger partial charge >= 0.3 is 6.09 Å². The van der Waals surface area contributed by atoms with E-state index in [1.54, 1.807) is 0 Å². The molecule has 0 aromatic carbocycles. The fraction of sp³-hybridized carbons (Fsp3) is 0.667. The van der Waals surface area contributed by atoms with Gasteiger partial charge < -0.3 is 9.84 Å². The highest BCUT2D eigenvalue weighted by Gasteiger charge is 2.48. The molecule has 1 N–H and O–H groups in total. The van der Waals surface area contributed by atoms with Crippen LogP contribution in [0.1, 0.15) is 6.92 Å². The van der Waals surface area contributed by atoms with Crippen LogP contribution in [0, 0.1) is 0 Å². The number of rotatable bonds is 1. The Morgan fingerprint density at radius 1 is 1.64 bits per heavy atom. The van der Waals surface area contributed by atoms with Crippen LogP contribution in [-0.2, 0) is 9.53 Å². The summed E-state index contributed by atoms with van der Waals surface area (Å²) in [5, 5.41) is 8.71. The lowest BCUT2D eigenvalue weighted by molar-refractivity contribution is -0.137. The lowest BCUT2D eigenvalue weighted by Crippen LogP contribution is -2.40. The van der Waals surface area contributed by atoms with E-state index >= 15 is 0 Å². The van der Waals surface area contributed by atoms with Crippen LogP contribution in [0.3, 0.4) is 0 Å². The van der Waals surface area contributed by atoms with Crippen LogP contribution in [0.15, 0.2) is 0 Å². The first-order chi connectivity index (χ1) is 5.01. The Bertz CT molecular complexity index is 215. The van der Waals surface area contributed by atoms with Crippen molar-refractivity contribution in [2.45, 2.75) is 12.5 Å². The minimum Gasteiger partial charge on any atom is -0.430 e. The van der Waals surface area contributed by atoms with Crippen LogP contribution in [0.4, 0.5) is 4.79 Å². The minimum absolute atomic E-state index is 0.484. The number of amides is 2. The fourth-order valence-electron chi connectivity index (χ4n) is 0.842. The summed E-state index contributed by atoms with van der Waals surface area (Å²) in [5.74, 6) is -0.509. The van der Waals surface area contributed by atoms with Gasteiger partial charge in [-0.25, -0.2) is 9.69 Å². The highest BCUT2D eigenvalue weighted by molar-refractivity contribution is 6.02. The second-order valence-electron chi connectivity index (χ2n) is 2.62. The summed E-state index contributed by atoms with van der Waals surface area (Å²) in [4.78, 5) is 22.7. The largest absolute Gasteiger partial charge is 0.430 e. The molecular formula is C6H9NO4. The molecule has 1 rings (SSSR count). The molecule has 0 aromatic rings. The highest BCUT2D eigenvalue weighted by Crippen LogP contribution is 2.21. The summed E-state index contributed by atoms with van der Waals surface area (Å²) in [6, 6.07) is 0. The maximum Gasteiger partial charge on any atom is 0.417 e. The van der Waals surface area contributed by atoms with Crippen LogP contribution in [0.2, 0.25) is 0 Å². The Morgan fingerprint density at radius 2 is 2.18 bits per heavy atom. The number of cyclic esters (lactones) is 1. The van der Waals surface area contributed by atoms with E-state index in [2.05, 4.69) is 4.74 Å². The predicted octanol–water partition coefficient (Wildman–Crippen LogP) is -0.654. The summed E-state index contributed by atoms with van der Waals surface area (Å²) in [5.41, 5.74) is -1.37. The summed E-state index contributed by atoms with van der Waals surface area (Å²) in [6.07, 6.45) is -0.716. The van der Waals surface area contributed by atoms with E-state index in [0.717, 1.165) is 4.90 Å². The maximum absolute atomic E-state index is 11.1. The van der Waals surface area contributed by atoms with E-state index in [9.17, 15) is 9.59 Å². The average molecular weight is 159 g/mol. The lowest BCUT2D eigenvalue weighted by Gasteiger charge is -2.14. The molecule has 0 spiro atoms. The standard InChI is InChI=1S/C6H9NO4/c1-6(3-8)4(9)7(2)5(10)11-6/h8H,3H2,1-2H3. The number of carbonyl (C=O) groups is 2. The zero-order valence-electron chi connectivity index (χ0n) is 6.33. The molecule has 2 amide bonds. The fourth-order valence-corrected chi connectivity index (χ4v) is 0.842. The number of aliphatic hydroxyl groups is 1. The van der Waals surface area contributed by atoms with Crippen LogP contribution in [0.5, 0.6) is 0 Å². The van der Waals surface area contributed by atoms with Gasteiger partial charge in [-0.1, -0.05) is 0 Å². The molecule has 62 valence electrons. The molecule has 0 aliphatic carbocycles. The van der Waals surface area contributed by atoms with Gasteiger partial charge in [0, 0.05) is 7.05 Å². The molecule has 1 fully saturated rings. The van der Waals surface area contributed by atoms with Crippen LogP contribution in [0.25, 0.3) is 0 Å². The van der Waals surface area contributed by atoms with Crippen molar-refractivity contribution >= 4 is 12.0 Å². The Labute approximate surface area is 63.5 Å². The average Bonchev–Trinajstić information content (AvgIpc) is 2.17. The third-order valence-electron chi connectivity index (χ3n) is 1.65. The molecule has 0 aromatic heterocycles. The van der Waals surface area contributed by atoms with E-state index in [-0.39, 0.29) is 0 Å². The number of hydrogen-bond donors (Lipinski definition) is 1. The molecule has 1 unspecified atom stereocenters. The van der Waals surface area contributed by atoms with Crippen LogP contribution >= 0.6 is 0 Å². The molecule has 0 bridgehead atoms. The van der Waals surface area contributed by atoms with Gasteiger partial charge in [0.2, 0.25) is 5.60 Å². The topological polar surface area (TPSA) is 66.8 Å². The van der Waals surface area contributed by atoms with Crippen molar-refractivity contribution in [3.8, 4) is 0 Å². The van der Waals surface area contributed by atoms with E-state index in [0.29, 0.717) is 0 Å². The van der Waals surface area contributed by atoms with Crippen molar-refractivity contribution in [3.05, 3.63) is 0 Å². The second kappa shape index (κ2) is 2.20. The van der Waals surface area contributed by atoms with Gasteiger partial charge in [-0.15, -0.1) is 0 Å². The third-order valence-corrected chi connectivity index (χ3v) is 1.65. The first-order valence-electron chi connectivity index (χ1n) is 3.13. The SMILES string of the molecule is CN1C(=O)OC(C)(CO)C1=O. The zero-order chi connectivity index (χ0) is 8.65.